The van der Waals surface area contributed by atoms with Gasteiger partial charge in [-0.2, -0.15) is 0 Å². The van der Waals surface area contributed by atoms with Gasteiger partial charge in [-0.15, -0.1) is 13.2 Å². The molecule has 3 heterocycles. The number of amides is 3. The molecule has 3 aliphatic rings. The molecule has 1 aromatic carbocycles. The number of hydrogen-bond donors (Lipinski definition) is 1. The minimum absolute atomic E-state index is 0.101. The molecule has 0 radical (unpaired) electrons. The van der Waals surface area contributed by atoms with Crippen LogP contribution in [0, 0.1) is 11.8 Å². The van der Waals surface area contributed by atoms with E-state index in [1.807, 2.05) is 37.3 Å². The van der Waals surface area contributed by atoms with Crippen LogP contribution < -0.4 is 0 Å². The van der Waals surface area contributed by atoms with Crippen LogP contribution in [0.25, 0.3) is 0 Å². The van der Waals surface area contributed by atoms with Crippen molar-refractivity contribution in [3.63, 3.8) is 0 Å². The van der Waals surface area contributed by atoms with Crippen molar-refractivity contribution in [2.45, 2.75) is 102 Å². The lowest BCUT2D eigenvalue weighted by molar-refractivity contribution is -0.165. The van der Waals surface area contributed by atoms with Gasteiger partial charge in [-0.25, -0.2) is 0 Å². The maximum Gasteiger partial charge on any atom is 0.313 e. The van der Waals surface area contributed by atoms with Gasteiger partial charge in [-0.3, -0.25) is 19.2 Å². The quantitative estimate of drug-likeness (QED) is 0.156. The monoisotopic (exact) mass is 637 g/mol. The Morgan fingerprint density at radius 3 is 2.52 bits per heavy atom. The van der Waals surface area contributed by atoms with E-state index in [1.165, 1.54) is 4.90 Å². The number of likely N-dealkylation sites (N-methyl/N-ethyl adjacent to an activating group) is 1. The molecule has 0 aromatic heterocycles. The molecule has 0 unspecified atom stereocenters. The summed E-state index contributed by atoms with van der Waals surface area (Å²) in [5.74, 6) is -3.18. The Morgan fingerprint density at radius 1 is 1.17 bits per heavy atom. The Hall–Kier alpha value is -3.50. The van der Waals surface area contributed by atoms with Crippen molar-refractivity contribution >= 4 is 23.7 Å². The largest absolute Gasteiger partial charge is 0.455 e. The van der Waals surface area contributed by atoms with Crippen LogP contribution in [0.5, 0.6) is 0 Å². The maximum atomic E-state index is 14.3. The van der Waals surface area contributed by atoms with Gasteiger partial charge >= 0.3 is 5.97 Å². The molecule has 3 aliphatic heterocycles. The van der Waals surface area contributed by atoms with E-state index >= 15 is 0 Å². The zero-order valence-electron chi connectivity index (χ0n) is 27.8. The summed E-state index contributed by atoms with van der Waals surface area (Å²) in [6.45, 7) is 13.7. The Labute approximate surface area is 273 Å². The number of ether oxygens (including phenoxy) is 2. The molecule has 0 saturated carbocycles. The molecule has 2 bridgehead atoms. The minimum atomic E-state index is -1.21. The van der Waals surface area contributed by atoms with E-state index in [1.54, 1.807) is 35.9 Å². The second kappa shape index (κ2) is 15.4. The Bertz CT molecular complexity index is 1270. The summed E-state index contributed by atoms with van der Waals surface area (Å²) < 4.78 is 12.9. The SMILES string of the molecule is C=CCCC(=O)N(C)[C@H](C)[C@H](OC(=O)[C@@H]1[C@H]2C(=O)N([C@H](C)CO)[C@H](C(=O)N(CC=C)CCCCC)[C@]23CC[C@H]1O3)c1ccccc1. The van der Waals surface area contributed by atoms with Crippen LogP contribution in [0.1, 0.15) is 77.4 Å². The number of carbonyl (C=O) groups is 4. The highest BCUT2D eigenvalue weighted by Crippen LogP contribution is 2.59. The van der Waals surface area contributed by atoms with Crippen molar-refractivity contribution in [3.8, 4) is 0 Å². The number of unbranched alkanes of at least 4 members (excludes halogenated alkanes) is 2. The number of benzene rings is 1. The van der Waals surface area contributed by atoms with E-state index in [0.29, 0.717) is 32.4 Å². The second-order valence-corrected chi connectivity index (χ2v) is 13.0. The lowest BCUT2D eigenvalue weighted by Crippen LogP contribution is -2.58. The van der Waals surface area contributed by atoms with Crippen molar-refractivity contribution < 1.29 is 33.8 Å². The molecule has 8 atom stereocenters. The molecular weight excluding hydrogens is 586 g/mol. The number of carbonyl (C=O) groups excluding carboxylic acids is 4. The first-order valence-corrected chi connectivity index (χ1v) is 16.7. The summed E-state index contributed by atoms with van der Waals surface area (Å²) in [5.41, 5.74) is -0.486. The summed E-state index contributed by atoms with van der Waals surface area (Å²) in [6.07, 6.45) is 6.49. The predicted octanol–water partition coefficient (Wildman–Crippen LogP) is 4.04. The van der Waals surface area contributed by atoms with Crippen molar-refractivity contribution in [3.05, 3.63) is 61.2 Å². The molecule has 3 fully saturated rings. The standard InChI is InChI=1S/C36H51N3O7/c1-7-10-15-22-38(21-9-3)34(43)32-36-20-19-27(46-36)29(30(36)33(42)39(32)24(4)23-40)35(44)45-31(26-16-13-12-14-17-26)25(5)37(6)28(41)18-11-8-2/h8-9,12-14,16-17,24-25,27,29-32,40H,2-3,7,10-11,15,18-23H2,1,4-6H3/t24-,25-,27-,29+,30+,31+,32-,36+/m1/s1. The van der Waals surface area contributed by atoms with Crippen LogP contribution in [0.4, 0.5) is 0 Å². The number of likely N-dealkylation sites (tertiary alicyclic amines) is 1. The highest BCUT2D eigenvalue weighted by Gasteiger charge is 2.75. The second-order valence-electron chi connectivity index (χ2n) is 13.0. The number of rotatable bonds is 17. The fraction of sp³-hybridized carbons (Fsp3) is 0.611. The molecule has 10 heteroatoms. The summed E-state index contributed by atoms with van der Waals surface area (Å²) in [4.78, 5) is 60.6. The molecule has 1 N–H and O–H groups in total. The van der Waals surface area contributed by atoms with Crippen molar-refractivity contribution in [2.75, 3.05) is 26.7 Å². The fourth-order valence-electron chi connectivity index (χ4n) is 7.50. The first kappa shape index (κ1) is 35.4. The van der Waals surface area contributed by atoms with Crippen molar-refractivity contribution in [1.29, 1.82) is 0 Å². The zero-order chi connectivity index (χ0) is 33.6. The van der Waals surface area contributed by atoms with Gasteiger partial charge in [-0.1, -0.05) is 62.2 Å². The summed E-state index contributed by atoms with van der Waals surface area (Å²) in [7, 11) is 1.69. The van der Waals surface area contributed by atoms with Crippen LogP contribution >= 0.6 is 0 Å². The lowest BCUT2D eigenvalue weighted by atomic mass is 9.70. The number of hydrogen-bond acceptors (Lipinski definition) is 7. The van der Waals surface area contributed by atoms with E-state index in [4.69, 9.17) is 9.47 Å². The van der Waals surface area contributed by atoms with E-state index in [2.05, 4.69) is 20.1 Å². The van der Waals surface area contributed by atoms with Gasteiger partial charge in [-0.05, 0) is 45.1 Å². The fourth-order valence-corrected chi connectivity index (χ4v) is 7.50. The van der Waals surface area contributed by atoms with E-state index in [0.717, 1.165) is 24.8 Å². The predicted molar refractivity (Wildman–Crippen MR) is 174 cm³/mol. The average Bonchev–Trinajstić information content (AvgIpc) is 3.72. The Balaban J connectivity index is 1.67. The lowest BCUT2D eigenvalue weighted by Gasteiger charge is -2.38. The molecule has 3 amide bonds. The first-order chi connectivity index (χ1) is 22.1. The smallest absolute Gasteiger partial charge is 0.313 e. The molecule has 46 heavy (non-hydrogen) atoms. The maximum absolute atomic E-state index is 14.3. The Morgan fingerprint density at radius 2 is 1.89 bits per heavy atom. The first-order valence-electron chi connectivity index (χ1n) is 16.7. The topological polar surface area (TPSA) is 117 Å². The summed E-state index contributed by atoms with van der Waals surface area (Å²) >= 11 is 0. The number of allylic oxidation sites excluding steroid dienone is 1. The molecule has 10 nitrogen and oxygen atoms in total. The van der Waals surface area contributed by atoms with Gasteiger partial charge in [0.2, 0.25) is 17.7 Å². The zero-order valence-corrected chi connectivity index (χ0v) is 27.8. The summed E-state index contributed by atoms with van der Waals surface area (Å²) in [5, 5.41) is 10.2. The molecule has 1 aromatic rings. The minimum Gasteiger partial charge on any atom is -0.455 e. The van der Waals surface area contributed by atoms with Gasteiger partial charge in [0.25, 0.3) is 0 Å². The number of fused-ring (bicyclic) bond motifs is 1. The summed E-state index contributed by atoms with van der Waals surface area (Å²) in [6, 6.07) is 7.11. The number of aliphatic hydroxyl groups excluding tert-OH is 1. The van der Waals surface area contributed by atoms with Crippen LogP contribution in [-0.4, -0.2) is 100 Å². The molecule has 252 valence electrons. The third-order valence-corrected chi connectivity index (χ3v) is 10.1. The van der Waals surface area contributed by atoms with Gasteiger partial charge in [0.15, 0.2) is 0 Å². The third kappa shape index (κ3) is 6.65. The van der Waals surface area contributed by atoms with Gasteiger partial charge in [0.1, 0.15) is 17.7 Å². The number of esters is 1. The van der Waals surface area contributed by atoms with Crippen LogP contribution in [0.2, 0.25) is 0 Å². The molecule has 4 rings (SSSR count). The number of aliphatic hydroxyl groups is 1. The van der Waals surface area contributed by atoms with Gasteiger partial charge in [0.05, 0.1) is 36.6 Å². The highest BCUT2D eigenvalue weighted by molar-refractivity contribution is 5.98. The van der Waals surface area contributed by atoms with Crippen LogP contribution in [0.3, 0.4) is 0 Å². The normalized spacial score (nSPS) is 26.6. The Kier molecular flexibility index (Phi) is 11.8. The van der Waals surface area contributed by atoms with Gasteiger partial charge < -0.3 is 29.3 Å². The molecular formula is C36H51N3O7. The van der Waals surface area contributed by atoms with Gasteiger partial charge in [0, 0.05) is 26.6 Å². The van der Waals surface area contributed by atoms with E-state index < -0.39 is 53.7 Å². The molecule has 3 saturated heterocycles. The molecule has 1 spiro atoms. The van der Waals surface area contributed by atoms with E-state index in [9.17, 15) is 24.3 Å². The van der Waals surface area contributed by atoms with Crippen LogP contribution in [0.15, 0.2) is 55.6 Å². The van der Waals surface area contributed by atoms with Crippen molar-refractivity contribution in [1.82, 2.24) is 14.7 Å². The number of nitrogens with zero attached hydrogens (tertiary/aromatic N) is 3. The van der Waals surface area contributed by atoms with Crippen molar-refractivity contribution in [2.24, 2.45) is 11.8 Å². The average molecular weight is 638 g/mol. The highest BCUT2D eigenvalue weighted by atomic mass is 16.6. The third-order valence-electron chi connectivity index (χ3n) is 10.1. The van der Waals surface area contributed by atoms with E-state index in [-0.39, 0.29) is 30.7 Å². The van der Waals surface area contributed by atoms with Crippen LogP contribution in [-0.2, 0) is 28.7 Å². The molecule has 0 aliphatic carbocycles.